The van der Waals surface area contributed by atoms with Crippen molar-refractivity contribution in [1.29, 1.82) is 0 Å². The summed E-state index contributed by atoms with van der Waals surface area (Å²) in [6, 6.07) is 17.6. The van der Waals surface area contributed by atoms with E-state index in [0.29, 0.717) is 22.7 Å². The molecule has 0 fully saturated rings. The van der Waals surface area contributed by atoms with E-state index in [1.54, 1.807) is 56.5 Å². The van der Waals surface area contributed by atoms with Gasteiger partial charge in [-0.3, -0.25) is 4.31 Å². The van der Waals surface area contributed by atoms with Crippen molar-refractivity contribution < 1.29 is 22.3 Å². The Balaban J connectivity index is 2.11. The van der Waals surface area contributed by atoms with E-state index in [1.807, 2.05) is 6.07 Å². The van der Waals surface area contributed by atoms with Crippen LogP contribution in [0.15, 0.2) is 71.6 Å². The maximum Gasteiger partial charge on any atom is 0.264 e. The molecule has 0 saturated carbocycles. The first-order valence-electron chi connectivity index (χ1n) is 8.91. The maximum atomic E-state index is 13.9. The van der Waals surface area contributed by atoms with Gasteiger partial charge < -0.3 is 9.47 Å². The molecule has 3 aromatic carbocycles. The van der Waals surface area contributed by atoms with Crippen LogP contribution in [0, 0.1) is 12.7 Å². The van der Waals surface area contributed by atoms with E-state index in [-0.39, 0.29) is 11.4 Å². The van der Waals surface area contributed by atoms with Gasteiger partial charge in [-0.2, -0.15) is 0 Å². The molecule has 0 bridgehead atoms. The fourth-order valence-corrected chi connectivity index (χ4v) is 4.66. The number of sulfonamides is 1. The molecule has 5 nitrogen and oxygen atoms in total. The summed E-state index contributed by atoms with van der Waals surface area (Å²) < 4.78 is 52.5. The third-order valence-electron chi connectivity index (χ3n) is 4.54. The van der Waals surface area contributed by atoms with Gasteiger partial charge in [0.25, 0.3) is 10.0 Å². The predicted octanol–water partition coefficient (Wildman–Crippen LogP) is 4.55. The molecule has 0 aliphatic carbocycles. The van der Waals surface area contributed by atoms with E-state index in [2.05, 4.69) is 0 Å². The Hall–Kier alpha value is -3.06. The molecule has 3 rings (SSSR count). The van der Waals surface area contributed by atoms with Gasteiger partial charge in [-0.05, 0) is 66.6 Å². The van der Waals surface area contributed by atoms with E-state index >= 15 is 0 Å². The molecular weight excluding hydrogens is 393 g/mol. The Morgan fingerprint density at radius 3 is 2.24 bits per heavy atom. The number of methoxy groups -OCH3 is 2. The molecule has 0 N–H and O–H groups in total. The molecule has 0 radical (unpaired) electrons. The molecule has 0 saturated heterocycles. The lowest BCUT2D eigenvalue weighted by Crippen LogP contribution is -2.31. The number of halogens is 1. The summed E-state index contributed by atoms with van der Waals surface area (Å²) in [5.41, 5.74) is 1.64. The Labute approximate surface area is 170 Å². The average molecular weight is 415 g/mol. The minimum absolute atomic E-state index is 0.0574. The number of rotatable bonds is 7. The topological polar surface area (TPSA) is 55.8 Å². The molecule has 152 valence electrons. The molecule has 0 spiro atoms. The average Bonchev–Trinajstić information content (AvgIpc) is 2.73. The van der Waals surface area contributed by atoms with Gasteiger partial charge in [-0.1, -0.05) is 18.2 Å². The summed E-state index contributed by atoms with van der Waals surface area (Å²) in [5, 5.41) is 0. The standard InChI is InChI=1S/C22H22FNO4S/c1-16-7-8-18(23)14-22(16)29(25,26)24(19-9-11-20(27-2)12-10-19)15-17-5-4-6-21(13-17)28-3/h4-14H,15H2,1-3H3. The Morgan fingerprint density at radius 1 is 0.897 bits per heavy atom. The number of aryl methyl sites for hydroxylation is 1. The van der Waals surface area contributed by atoms with E-state index in [9.17, 15) is 12.8 Å². The lowest BCUT2D eigenvalue weighted by atomic mass is 10.2. The lowest BCUT2D eigenvalue weighted by Gasteiger charge is -2.26. The number of hydrogen-bond donors (Lipinski definition) is 0. The summed E-state index contributed by atoms with van der Waals surface area (Å²) >= 11 is 0. The van der Waals surface area contributed by atoms with Crippen LogP contribution in [0.4, 0.5) is 10.1 Å². The highest BCUT2D eigenvalue weighted by atomic mass is 32.2. The van der Waals surface area contributed by atoms with Crippen LogP contribution >= 0.6 is 0 Å². The molecular formula is C22H22FNO4S. The predicted molar refractivity (Wildman–Crippen MR) is 110 cm³/mol. The van der Waals surface area contributed by atoms with Gasteiger partial charge in [0.1, 0.15) is 17.3 Å². The second-order valence-electron chi connectivity index (χ2n) is 6.47. The highest BCUT2D eigenvalue weighted by Gasteiger charge is 2.27. The Bertz CT molecular complexity index is 1100. The highest BCUT2D eigenvalue weighted by molar-refractivity contribution is 7.92. The van der Waals surface area contributed by atoms with E-state index in [4.69, 9.17) is 9.47 Å². The van der Waals surface area contributed by atoms with Crippen molar-refractivity contribution >= 4 is 15.7 Å². The summed E-state index contributed by atoms with van der Waals surface area (Å²) in [6.45, 7) is 1.70. The van der Waals surface area contributed by atoms with Gasteiger partial charge in [0, 0.05) is 0 Å². The van der Waals surface area contributed by atoms with Crippen molar-refractivity contribution in [2.24, 2.45) is 0 Å². The largest absolute Gasteiger partial charge is 0.497 e. The zero-order chi connectivity index (χ0) is 21.0. The summed E-state index contributed by atoms with van der Waals surface area (Å²) in [7, 11) is -0.947. The van der Waals surface area contributed by atoms with Crippen LogP contribution in [0.3, 0.4) is 0 Å². The smallest absolute Gasteiger partial charge is 0.264 e. The van der Waals surface area contributed by atoms with Crippen LogP contribution in [0.5, 0.6) is 11.5 Å². The molecule has 0 atom stereocenters. The van der Waals surface area contributed by atoms with E-state index in [0.717, 1.165) is 11.6 Å². The lowest BCUT2D eigenvalue weighted by molar-refractivity contribution is 0.414. The zero-order valence-electron chi connectivity index (χ0n) is 16.4. The monoisotopic (exact) mass is 415 g/mol. The van der Waals surface area contributed by atoms with Crippen LogP contribution in [0.25, 0.3) is 0 Å². The van der Waals surface area contributed by atoms with Crippen LogP contribution in [-0.2, 0) is 16.6 Å². The van der Waals surface area contributed by atoms with Gasteiger partial charge >= 0.3 is 0 Å². The number of hydrogen-bond acceptors (Lipinski definition) is 4. The molecule has 0 amide bonds. The van der Waals surface area contributed by atoms with Gasteiger partial charge in [0.2, 0.25) is 0 Å². The third-order valence-corrected chi connectivity index (χ3v) is 6.45. The van der Waals surface area contributed by atoms with E-state index < -0.39 is 15.8 Å². The maximum absolute atomic E-state index is 13.9. The second-order valence-corrected chi connectivity index (χ2v) is 8.30. The van der Waals surface area contributed by atoms with Crippen molar-refractivity contribution in [3.05, 3.63) is 83.7 Å². The first-order valence-corrected chi connectivity index (χ1v) is 10.3. The van der Waals surface area contributed by atoms with Crippen LogP contribution in [0.2, 0.25) is 0 Å². The number of nitrogens with zero attached hydrogens (tertiary/aromatic N) is 1. The Kier molecular flexibility index (Phi) is 6.08. The fraction of sp³-hybridized carbons (Fsp3) is 0.182. The number of anilines is 1. The summed E-state index contributed by atoms with van der Waals surface area (Å²) in [4.78, 5) is -0.0729. The summed E-state index contributed by atoms with van der Waals surface area (Å²) in [5.74, 6) is 0.621. The molecule has 0 aromatic heterocycles. The van der Waals surface area contributed by atoms with Gasteiger partial charge in [0.05, 0.1) is 31.3 Å². The van der Waals surface area contributed by atoms with Crippen molar-refractivity contribution in [1.82, 2.24) is 0 Å². The molecule has 3 aromatic rings. The van der Waals surface area contributed by atoms with Crippen LogP contribution in [0.1, 0.15) is 11.1 Å². The molecule has 0 unspecified atom stereocenters. The van der Waals surface area contributed by atoms with Crippen molar-refractivity contribution in [3.8, 4) is 11.5 Å². The van der Waals surface area contributed by atoms with Crippen molar-refractivity contribution in [2.45, 2.75) is 18.4 Å². The van der Waals surface area contributed by atoms with Gasteiger partial charge in [0.15, 0.2) is 0 Å². The molecule has 0 aliphatic rings. The fourth-order valence-electron chi connectivity index (χ4n) is 2.97. The minimum atomic E-state index is -4.03. The highest BCUT2D eigenvalue weighted by Crippen LogP contribution is 2.30. The molecule has 0 aliphatic heterocycles. The minimum Gasteiger partial charge on any atom is -0.497 e. The number of ether oxygens (including phenoxy) is 2. The zero-order valence-corrected chi connectivity index (χ0v) is 17.2. The third kappa shape index (κ3) is 4.51. The first kappa shape index (κ1) is 20.7. The Morgan fingerprint density at radius 2 is 1.59 bits per heavy atom. The van der Waals surface area contributed by atoms with Crippen LogP contribution in [-0.4, -0.2) is 22.6 Å². The molecule has 29 heavy (non-hydrogen) atoms. The molecule has 0 heterocycles. The SMILES string of the molecule is COc1ccc(N(Cc2cccc(OC)c2)S(=O)(=O)c2cc(F)ccc2C)cc1. The van der Waals surface area contributed by atoms with E-state index in [1.165, 1.54) is 23.5 Å². The quantitative estimate of drug-likeness (QED) is 0.568. The normalized spacial score (nSPS) is 11.2. The second kappa shape index (κ2) is 8.53. The van der Waals surface area contributed by atoms with Crippen molar-refractivity contribution in [3.63, 3.8) is 0 Å². The summed E-state index contributed by atoms with van der Waals surface area (Å²) in [6.07, 6.45) is 0. The number of benzene rings is 3. The van der Waals surface area contributed by atoms with Gasteiger partial charge in [-0.25, -0.2) is 12.8 Å². The van der Waals surface area contributed by atoms with Crippen LogP contribution < -0.4 is 13.8 Å². The van der Waals surface area contributed by atoms with Gasteiger partial charge in [-0.15, -0.1) is 0 Å². The van der Waals surface area contributed by atoms with Crippen molar-refractivity contribution in [2.75, 3.05) is 18.5 Å². The first-order chi connectivity index (χ1) is 13.8. The molecule has 7 heteroatoms.